The van der Waals surface area contributed by atoms with E-state index in [1.807, 2.05) is 12.3 Å². The molecule has 0 aliphatic carbocycles. The second-order valence-corrected chi connectivity index (χ2v) is 5.04. The predicted molar refractivity (Wildman–Crippen MR) is 81.2 cm³/mol. The zero-order valence-corrected chi connectivity index (χ0v) is 11.4. The molecular weight excluding hydrogens is 251 g/mol. The number of halogens is 1. The Bertz CT molecular complexity index is 739. The number of fused-ring (bicyclic) bond motifs is 1. The van der Waals surface area contributed by atoms with Gasteiger partial charge in [0.05, 0.1) is 5.52 Å². The number of nitrogens with two attached hydrogens (primary N) is 1. The van der Waals surface area contributed by atoms with Gasteiger partial charge in [0.15, 0.2) is 0 Å². The maximum absolute atomic E-state index is 13.4. The first kappa shape index (κ1) is 12.7. The molecule has 2 nitrogen and oxygen atoms in total. The highest BCUT2D eigenvalue weighted by Gasteiger charge is 2.07. The molecule has 102 valence electrons. The van der Waals surface area contributed by atoms with Crippen molar-refractivity contribution in [3.63, 3.8) is 0 Å². The number of nitrogen functional groups attached to an aromatic ring is 1. The number of aromatic nitrogens is 1. The standard InChI is InChI=1S/C17H17FN2/c1-2-13-4-3-5-14-6-7-20(17(13)14)11-12-8-15(18)10-16(19)9-12/h3-10H,2,11,19H2,1H3. The van der Waals surface area contributed by atoms with Gasteiger partial charge in [0.25, 0.3) is 0 Å². The van der Waals surface area contributed by atoms with Gasteiger partial charge in [0, 0.05) is 18.4 Å². The lowest BCUT2D eigenvalue weighted by Crippen LogP contribution is -2.01. The smallest absolute Gasteiger partial charge is 0.125 e. The SMILES string of the molecule is CCc1cccc2ccn(Cc3cc(N)cc(F)c3)c12. The number of hydrogen-bond donors (Lipinski definition) is 1. The quantitative estimate of drug-likeness (QED) is 0.716. The monoisotopic (exact) mass is 268 g/mol. The molecule has 3 aromatic rings. The molecule has 0 unspecified atom stereocenters. The summed E-state index contributed by atoms with van der Waals surface area (Å²) in [4.78, 5) is 0. The van der Waals surface area contributed by atoms with E-state index < -0.39 is 0 Å². The van der Waals surface area contributed by atoms with E-state index >= 15 is 0 Å². The molecule has 0 spiro atoms. The normalized spacial score (nSPS) is 11.1. The van der Waals surface area contributed by atoms with Crippen LogP contribution in [-0.2, 0) is 13.0 Å². The molecule has 2 aromatic carbocycles. The second-order valence-electron chi connectivity index (χ2n) is 5.04. The van der Waals surface area contributed by atoms with Crippen molar-refractivity contribution in [1.29, 1.82) is 0 Å². The molecule has 0 fully saturated rings. The van der Waals surface area contributed by atoms with Gasteiger partial charge >= 0.3 is 0 Å². The first-order valence-electron chi connectivity index (χ1n) is 6.79. The summed E-state index contributed by atoms with van der Waals surface area (Å²) in [6.45, 7) is 2.77. The molecule has 0 saturated heterocycles. The largest absolute Gasteiger partial charge is 0.399 e. The van der Waals surface area contributed by atoms with E-state index in [-0.39, 0.29) is 5.82 Å². The molecule has 0 amide bonds. The molecule has 0 bridgehead atoms. The molecule has 20 heavy (non-hydrogen) atoms. The lowest BCUT2D eigenvalue weighted by Gasteiger charge is -2.10. The third kappa shape index (κ3) is 2.27. The van der Waals surface area contributed by atoms with Crippen LogP contribution in [0, 0.1) is 5.82 Å². The number of hydrogen-bond acceptors (Lipinski definition) is 1. The minimum absolute atomic E-state index is 0.285. The van der Waals surface area contributed by atoms with E-state index in [1.54, 1.807) is 0 Å². The van der Waals surface area contributed by atoms with Crippen molar-refractivity contribution in [3.8, 4) is 0 Å². The molecule has 1 aromatic heterocycles. The lowest BCUT2D eigenvalue weighted by molar-refractivity contribution is 0.625. The number of nitrogens with zero attached hydrogens (tertiary/aromatic N) is 1. The molecule has 0 radical (unpaired) electrons. The summed E-state index contributed by atoms with van der Waals surface area (Å²) in [5.41, 5.74) is 9.58. The van der Waals surface area contributed by atoms with Gasteiger partial charge in [-0.15, -0.1) is 0 Å². The molecule has 2 N–H and O–H groups in total. The van der Waals surface area contributed by atoms with Crippen molar-refractivity contribution in [1.82, 2.24) is 4.57 Å². The zero-order valence-electron chi connectivity index (χ0n) is 11.4. The number of benzene rings is 2. The minimum atomic E-state index is -0.285. The van der Waals surface area contributed by atoms with Gasteiger partial charge in [-0.1, -0.05) is 25.1 Å². The molecular formula is C17H17FN2. The summed E-state index contributed by atoms with van der Waals surface area (Å²) in [6.07, 6.45) is 3.03. The molecule has 3 heteroatoms. The fraction of sp³-hybridized carbons (Fsp3) is 0.176. The number of anilines is 1. The van der Waals surface area contributed by atoms with Gasteiger partial charge < -0.3 is 10.3 Å². The van der Waals surface area contributed by atoms with E-state index in [4.69, 9.17) is 5.73 Å². The average Bonchev–Trinajstić information content (AvgIpc) is 2.81. The number of para-hydroxylation sites is 1. The van der Waals surface area contributed by atoms with Gasteiger partial charge in [-0.25, -0.2) is 4.39 Å². The molecule has 0 saturated carbocycles. The Labute approximate surface area is 117 Å². The average molecular weight is 268 g/mol. The lowest BCUT2D eigenvalue weighted by atomic mass is 10.1. The Hall–Kier alpha value is -2.29. The first-order valence-corrected chi connectivity index (χ1v) is 6.79. The summed E-state index contributed by atoms with van der Waals surface area (Å²) in [7, 11) is 0. The summed E-state index contributed by atoms with van der Waals surface area (Å²) in [5, 5.41) is 1.22. The van der Waals surface area contributed by atoms with Crippen molar-refractivity contribution in [2.24, 2.45) is 0 Å². The number of rotatable bonds is 3. The summed E-state index contributed by atoms with van der Waals surface area (Å²) >= 11 is 0. The number of aryl methyl sites for hydroxylation is 1. The van der Waals surface area contributed by atoms with Crippen LogP contribution in [0.25, 0.3) is 10.9 Å². The molecule has 0 atom stereocenters. The van der Waals surface area contributed by atoms with Crippen molar-refractivity contribution >= 4 is 16.6 Å². The highest BCUT2D eigenvalue weighted by molar-refractivity contribution is 5.83. The van der Waals surface area contributed by atoms with E-state index in [2.05, 4.69) is 35.8 Å². The van der Waals surface area contributed by atoms with Gasteiger partial charge in [-0.2, -0.15) is 0 Å². The van der Waals surface area contributed by atoms with Crippen molar-refractivity contribution in [2.45, 2.75) is 19.9 Å². The van der Waals surface area contributed by atoms with Crippen LogP contribution < -0.4 is 5.73 Å². The maximum Gasteiger partial charge on any atom is 0.125 e. The van der Waals surface area contributed by atoms with E-state index in [0.717, 1.165) is 12.0 Å². The third-order valence-electron chi connectivity index (χ3n) is 3.59. The van der Waals surface area contributed by atoms with Crippen LogP contribution in [0.3, 0.4) is 0 Å². The highest BCUT2D eigenvalue weighted by Crippen LogP contribution is 2.22. The van der Waals surface area contributed by atoms with Crippen molar-refractivity contribution < 1.29 is 4.39 Å². The molecule has 0 aliphatic rings. The Morgan fingerprint density at radius 2 is 2.00 bits per heavy atom. The minimum Gasteiger partial charge on any atom is -0.399 e. The molecule has 1 heterocycles. The van der Waals surface area contributed by atoms with Crippen LogP contribution >= 0.6 is 0 Å². The van der Waals surface area contributed by atoms with Crippen LogP contribution in [0.1, 0.15) is 18.1 Å². The van der Waals surface area contributed by atoms with Crippen molar-refractivity contribution in [3.05, 3.63) is 65.6 Å². The fourth-order valence-corrected chi connectivity index (χ4v) is 2.72. The van der Waals surface area contributed by atoms with Crippen LogP contribution in [0.4, 0.5) is 10.1 Å². The first-order chi connectivity index (χ1) is 9.67. The summed E-state index contributed by atoms with van der Waals surface area (Å²) in [5.74, 6) is -0.285. The summed E-state index contributed by atoms with van der Waals surface area (Å²) < 4.78 is 15.6. The summed E-state index contributed by atoms with van der Waals surface area (Å²) in [6, 6.07) is 13.1. The maximum atomic E-state index is 13.4. The van der Waals surface area contributed by atoms with Crippen LogP contribution in [0.2, 0.25) is 0 Å². The molecule has 0 aliphatic heterocycles. The Morgan fingerprint density at radius 3 is 2.75 bits per heavy atom. The highest BCUT2D eigenvalue weighted by atomic mass is 19.1. The Kier molecular flexibility index (Phi) is 3.18. The predicted octanol–water partition coefficient (Wildman–Crippen LogP) is 3.97. The molecule has 3 rings (SSSR count). The Balaban J connectivity index is 2.06. The topological polar surface area (TPSA) is 30.9 Å². The second kappa shape index (κ2) is 5.00. The zero-order chi connectivity index (χ0) is 14.1. The van der Waals surface area contributed by atoms with E-state index in [9.17, 15) is 4.39 Å². The Morgan fingerprint density at radius 1 is 1.15 bits per heavy atom. The van der Waals surface area contributed by atoms with Gasteiger partial charge in [-0.05, 0) is 47.2 Å². The van der Waals surface area contributed by atoms with Crippen LogP contribution in [0.5, 0.6) is 0 Å². The third-order valence-corrected chi connectivity index (χ3v) is 3.59. The van der Waals surface area contributed by atoms with Crippen LogP contribution in [0.15, 0.2) is 48.7 Å². The van der Waals surface area contributed by atoms with Gasteiger partial charge in [0.2, 0.25) is 0 Å². The van der Waals surface area contributed by atoms with Crippen LogP contribution in [-0.4, -0.2) is 4.57 Å². The fourth-order valence-electron chi connectivity index (χ4n) is 2.72. The van der Waals surface area contributed by atoms with Gasteiger partial charge in [0.1, 0.15) is 5.82 Å². The van der Waals surface area contributed by atoms with Gasteiger partial charge in [-0.3, -0.25) is 0 Å². The van der Waals surface area contributed by atoms with Crippen molar-refractivity contribution in [2.75, 3.05) is 5.73 Å². The van der Waals surface area contributed by atoms with E-state index in [1.165, 1.54) is 28.6 Å². The van der Waals surface area contributed by atoms with E-state index in [0.29, 0.717) is 12.2 Å².